The van der Waals surface area contributed by atoms with Crippen LogP contribution in [0.15, 0.2) is 5.16 Å². The van der Waals surface area contributed by atoms with Gasteiger partial charge in [0.15, 0.2) is 5.16 Å². The first-order chi connectivity index (χ1) is 9.22. The highest BCUT2D eigenvalue weighted by atomic mass is 32.2. The first-order valence-electron chi connectivity index (χ1n) is 6.73. The molecule has 0 aliphatic carbocycles. The number of nitrogens with two attached hydrogens (primary N) is 1. The Labute approximate surface area is 118 Å². The third-order valence-corrected chi connectivity index (χ3v) is 4.07. The molecule has 1 atom stereocenters. The third-order valence-electron chi connectivity index (χ3n) is 3.09. The van der Waals surface area contributed by atoms with Gasteiger partial charge >= 0.3 is 0 Å². The quantitative estimate of drug-likeness (QED) is 0.794. The number of hydrogen-bond donors (Lipinski definition) is 1. The van der Waals surface area contributed by atoms with E-state index >= 15 is 0 Å². The summed E-state index contributed by atoms with van der Waals surface area (Å²) in [6, 6.07) is 0. The van der Waals surface area contributed by atoms with Crippen LogP contribution in [-0.2, 0) is 4.74 Å². The zero-order valence-corrected chi connectivity index (χ0v) is 12.3. The fourth-order valence-electron chi connectivity index (χ4n) is 2.02. The second kappa shape index (κ2) is 6.91. The van der Waals surface area contributed by atoms with Gasteiger partial charge in [-0.3, -0.25) is 0 Å². The van der Waals surface area contributed by atoms with Crippen molar-refractivity contribution in [1.29, 1.82) is 0 Å². The number of aromatic nitrogens is 3. The number of nitrogens with zero attached hydrogens (tertiary/aromatic N) is 4. The summed E-state index contributed by atoms with van der Waals surface area (Å²) in [7, 11) is 0. The van der Waals surface area contributed by atoms with E-state index in [0.717, 1.165) is 38.3 Å². The molecule has 7 heteroatoms. The maximum absolute atomic E-state index is 5.76. The largest absolute Gasteiger partial charge is 0.377 e. The van der Waals surface area contributed by atoms with Crippen LogP contribution in [0.4, 0.5) is 11.9 Å². The standard InChI is InChI=1S/C12H21N5OS/c1-3-17(4-2)11-14-10(13)15-12(16-11)19-8-9-6-5-7-18-9/h9H,3-8H2,1-2H3,(H2,13,14,15,16). The van der Waals surface area contributed by atoms with E-state index in [1.807, 2.05) is 0 Å². The Hall–Kier alpha value is -1.08. The van der Waals surface area contributed by atoms with Crippen LogP contribution >= 0.6 is 11.8 Å². The molecule has 0 radical (unpaired) electrons. The Morgan fingerprint density at radius 3 is 2.74 bits per heavy atom. The van der Waals surface area contributed by atoms with Gasteiger partial charge in [0, 0.05) is 25.4 Å². The molecule has 0 bridgehead atoms. The van der Waals surface area contributed by atoms with E-state index in [0.29, 0.717) is 17.2 Å². The van der Waals surface area contributed by atoms with Gasteiger partial charge in [0.25, 0.3) is 0 Å². The minimum absolute atomic E-state index is 0.284. The van der Waals surface area contributed by atoms with Crippen molar-refractivity contribution >= 4 is 23.7 Å². The predicted octanol–water partition coefficient (Wildman–Crippen LogP) is 1.57. The van der Waals surface area contributed by atoms with E-state index in [1.165, 1.54) is 0 Å². The molecule has 1 aliphatic rings. The highest BCUT2D eigenvalue weighted by Crippen LogP contribution is 2.22. The Morgan fingerprint density at radius 1 is 1.32 bits per heavy atom. The summed E-state index contributed by atoms with van der Waals surface area (Å²) in [4.78, 5) is 14.9. The summed E-state index contributed by atoms with van der Waals surface area (Å²) < 4.78 is 5.59. The molecule has 2 N–H and O–H groups in total. The van der Waals surface area contributed by atoms with Crippen LogP contribution in [-0.4, -0.2) is 46.5 Å². The van der Waals surface area contributed by atoms with Crippen molar-refractivity contribution in [3.8, 4) is 0 Å². The second-order valence-electron chi connectivity index (χ2n) is 4.39. The van der Waals surface area contributed by atoms with Crippen molar-refractivity contribution in [3.63, 3.8) is 0 Å². The summed E-state index contributed by atoms with van der Waals surface area (Å²) >= 11 is 1.59. The minimum atomic E-state index is 0.284. The summed E-state index contributed by atoms with van der Waals surface area (Å²) in [5, 5.41) is 0.685. The van der Waals surface area contributed by atoms with Gasteiger partial charge in [-0.1, -0.05) is 11.8 Å². The normalized spacial score (nSPS) is 18.7. The molecule has 1 aromatic rings. The lowest BCUT2D eigenvalue weighted by atomic mass is 10.3. The summed E-state index contributed by atoms with van der Waals surface area (Å²) in [6.45, 7) is 6.73. The van der Waals surface area contributed by atoms with Gasteiger partial charge in [-0.05, 0) is 26.7 Å². The van der Waals surface area contributed by atoms with Gasteiger partial charge < -0.3 is 15.4 Å². The van der Waals surface area contributed by atoms with Gasteiger partial charge in [0.2, 0.25) is 11.9 Å². The van der Waals surface area contributed by atoms with E-state index < -0.39 is 0 Å². The van der Waals surface area contributed by atoms with Gasteiger partial charge in [0.05, 0.1) is 6.10 Å². The molecular weight excluding hydrogens is 262 g/mol. The smallest absolute Gasteiger partial charge is 0.231 e. The van der Waals surface area contributed by atoms with E-state index in [2.05, 4.69) is 33.7 Å². The zero-order chi connectivity index (χ0) is 13.7. The number of rotatable bonds is 6. The van der Waals surface area contributed by atoms with Gasteiger partial charge in [-0.15, -0.1) is 0 Å². The number of hydrogen-bond acceptors (Lipinski definition) is 7. The molecule has 1 fully saturated rings. The monoisotopic (exact) mass is 283 g/mol. The van der Waals surface area contributed by atoms with Crippen molar-refractivity contribution in [3.05, 3.63) is 0 Å². The predicted molar refractivity (Wildman–Crippen MR) is 77.5 cm³/mol. The SMILES string of the molecule is CCN(CC)c1nc(N)nc(SCC2CCCO2)n1. The van der Waals surface area contributed by atoms with Crippen molar-refractivity contribution in [2.75, 3.05) is 36.1 Å². The first-order valence-corrected chi connectivity index (χ1v) is 7.72. The first kappa shape index (κ1) is 14.3. The van der Waals surface area contributed by atoms with Crippen molar-refractivity contribution < 1.29 is 4.74 Å². The number of nitrogen functional groups attached to an aromatic ring is 1. The zero-order valence-electron chi connectivity index (χ0n) is 11.5. The molecular formula is C12H21N5OS. The average molecular weight is 283 g/mol. The lowest BCUT2D eigenvalue weighted by Crippen LogP contribution is -2.25. The number of ether oxygens (including phenoxy) is 1. The van der Waals surface area contributed by atoms with Gasteiger partial charge in [-0.2, -0.15) is 15.0 Å². The Morgan fingerprint density at radius 2 is 2.11 bits per heavy atom. The minimum Gasteiger partial charge on any atom is -0.377 e. The molecule has 0 spiro atoms. The lowest BCUT2D eigenvalue weighted by Gasteiger charge is -2.18. The molecule has 1 aromatic heterocycles. The van der Waals surface area contributed by atoms with E-state index in [9.17, 15) is 0 Å². The molecule has 0 aromatic carbocycles. The van der Waals surface area contributed by atoms with E-state index in [4.69, 9.17) is 10.5 Å². The molecule has 6 nitrogen and oxygen atoms in total. The fraction of sp³-hybridized carbons (Fsp3) is 0.750. The number of anilines is 2. The van der Waals surface area contributed by atoms with Crippen LogP contribution in [0.5, 0.6) is 0 Å². The van der Waals surface area contributed by atoms with Crippen LogP contribution in [0.1, 0.15) is 26.7 Å². The molecule has 2 rings (SSSR count). The molecule has 19 heavy (non-hydrogen) atoms. The topological polar surface area (TPSA) is 77.2 Å². The second-order valence-corrected chi connectivity index (χ2v) is 5.38. The molecule has 106 valence electrons. The van der Waals surface area contributed by atoms with Gasteiger partial charge in [-0.25, -0.2) is 0 Å². The lowest BCUT2D eigenvalue weighted by molar-refractivity contribution is 0.129. The summed E-state index contributed by atoms with van der Waals surface area (Å²) in [5.41, 5.74) is 5.76. The van der Waals surface area contributed by atoms with E-state index in [-0.39, 0.29) is 5.95 Å². The maximum atomic E-state index is 5.76. The maximum Gasteiger partial charge on any atom is 0.231 e. The van der Waals surface area contributed by atoms with E-state index in [1.54, 1.807) is 11.8 Å². The fourth-order valence-corrected chi connectivity index (χ4v) is 2.92. The van der Waals surface area contributed by atoms with Crippen LogP contribution in [0.3, 0.4) is 0 Å². The molecule has 1 saturated heterocycles. The van der Waals surface area contributed by atoms with Crippen LogP contribution in [0.2, 0.25) is 0 Å². The summed E-state index contributed by atoms with van der Waals surface area (Å²) in [5.74, 6) is 1.82. The van der Waals surface area contributed by atoms with Crippen molar-refractivity contribution in [1.82, 2.24) is 15.0 Å². The van der Waals surface area contributed by atoms with Crippen LogP contribution < -0.4 is 10.6 Å². The number of thioether (sulfide) groups is 1. The average Bonchev–Trinajstić information content (AvgIpc) is 2.90. The summed E-state index contributed by atoms with van der Waals surface area (Å²) in [6.07, 6.45) is 2.59. The molecule has 0 amide bonds. The molecule has 2 heterocycles. The third kappa shape index (κ3) is 3.94. The van der Waals surface area contributed by atoms with Crippen molar-refractivity contribution in [2.24, 2.45) is 0 Å². The van der Waals surface area contributed by atoms with Gasteiger partial charge in [0.1, 0.15) is 0 Å². The Bertz CT molecular complexity index is 407. The molecule has 1 aliphatic heterocycles. The van der Waals surface area contributed by atoms with Crippen molar-refractivity contribution in [2.45, 2.75) is 37.9 Å². The highest BCUT2D eigenvalue weighted by molar-refractivity contribution is 7.99. The molecule has 0 saturated carbocycles. The van der Waals surface area contributed by atoms with Crippen LogP contribution in [0.25, 0.3) is 0 Å². The Kier molecular flexibility index (Phi) is 5.21. The highest BCUT2D eigenvalue weighted by Gasteiger charge is 2.17. The Balaban J connectivity index is 2.03. The van der Waals surface area contributed by atoms with Crippen LogP contribution in [0, 0.1) is 0 Å². The molecule has 1 unspecified atom stereocenters.